The lowest BCUT2D eigenvalue weighted by atomic mass is 10.2. The molecule has 0 aliphatic rings. The molecule has 114 valence electrons. The van der Waals surface area contributed by atoms with Crippen LogP contribution in [0.3, 0.4) is 0 Å². The molecule has 3 nitrogen and oxygen atoms in total. The summed E-state index contributed by atoms with van der Waals surface area (Å²) in [6, 6.07) is 18.9. The Morgan fingerprint density at radius 3 is 2.32 bits per heavy atom. The summed E-state index contributed by atoms with van der Waals surface area (Å²) in [5.74, 6) is -0.339. The van der Waals surface area contributed by atoms with E-state index in [1.165, 1.54) is 0 Å². The third-order valence-electron chi connectivity index (χ3n) is 3.19. The van der Waals surface area contributed by atoms with Gasteiger partial charge < -0.3 is 9.47 Å². The molecule has 0 radical (unpaired) electrons. The number of carbonyl (C=O) groups is 1. The topological polar surface area (TPSA) is 35.5 Å². The monoisotopic (exact) mass is 296 g/mol. The summed E-state index contributed by atoms with van der Waals surface area (Å²) in [6.07, 6.45) is 1.88. The third kappa shape index (κ3) is 5.19. The molecule has 1 atom stereocenters. The van der Waals surface area contributed by atoms with Gasteiger partial charge in [-0.25, -0.2) is 4.79 Å². The fraction of sp³-hybridized carbons (Fsp3) is 0.211. The maximum absolute atomic E-state index is 12.0. The molecule has 0 fully saturated rings. The van der Waals surface area contributed by atoms with Gasteiger partial charge in [-0.1, -0.05) is 61.2 Å². The van der Waals surface area contributed by atoms with E-state index in [1.54, 1.807) is 18.2 Å². The van der Waals surface area contributed by atoms with E-state index in [-0.39, 0.29) is 12.1 Å². The smallest absolute Gasteiger partial charge is 0.338 e. The van der Waals surface area contributed by atoms with Gasteiger partial charge in [-0.05, 0) is 17.7 Å². The Morgan fingerprint density at radius 2 is 1.68 bits per heavy atom. The second-order valence-electron chi connectivity index (χ2n) is 4.87. The molecular formula is C19H20O3. The molecule has 0 spiro atoms. The number of carbonyl (C=O) groups excluding carboxylic acids is 1. The van der Waals surface area contributed by atoms with E-state index < -0.39 is 0 Å². The van der Waals surface area contributed by atoms with Crippen molar-refractivity contribution in [3.8, 4) is 0 Å². The lowest BCUT2D eigenvalue weighted by Crippen LogP contribution is -2.18. The first kappa shape index (κ1) is 16.0. The molecule has 0 amide bonds. The highest BCUT2D eigenvalue weighted by molar-refractivity contribution is 5.89. The van der Waals surface area contributed by atoms with Crippen molar-refractivity contribution in [1.82, 2.24) is 0 Å². The van der Waals surface area contributed by atoms with Crippen LogP contribution in [-0.2, 0) is 16.1 Å². The lowest BCUT2D eigenvalue weighted by molar-refractivity contribution is 0.0286. The number of esters is 1. The van der Waals surface area contributed by atoms with Crippen LogP contribution in [0.15, 0.2) is 73.3 Å². The van der Waals surface area contributed by atoms with E-state index in [0.29, 0.717) is 25.2 Å². The van der Waals surface area contributed by atoms with Crippen molar-refractivity contribution in [3.63, 3.8) is 0 Å². The number of ether oxygens (including phenoxy) is 2. The van der Waals surface area contributed by atoms with Crippen LogP contribution >= 0.6 is 0 Å². The first-order valence-electron chi connectivity index (χ1n) is 7.30. The Hall–Kier alpha value is -2.39. The van der Waals surface area contributed by atoms with Crippen molar-refractivity contribution < 1.29 is 14.3 Å². The molecule has 3 heteroatoms. The maximum atomic E-state index is 12.0. The Morgan fingerprint density at radius 1 is 1.05 bits per heavy atom. The SMILES string of the molecule is C=C[C@@H](CCOCc1ccccc1)OC(=O)c1ccccc1. The Kier molecular flexibility index (Phi) is 6.39. The van der Waals surface area contributed by atoms with Crippen LogP contribution in [0.4, 0.5) is 0 Å². The zero-order chi connectivity index (χ0) is 15.6. The highest BCUT2D eigenvalue weighted by Gasteiger charge is 2.12. The van der Waals surface area contributed by atoms with Gasteiger partial charge in [0, 0.05) is 6.42 Å². The highest BCUT2D eigenvalue weighted by Crippen LogP contribution is 2.08. The van der Waals surface area contributed by atoms with Crippen LogP contribution in [0.2, 0.25) is 0 Å². The summed E-state index contributed by atoms with van der Waals surface area (Å²) in [5, 5.41) is 0. The maximum Gasteiger partial charge on any atom is 0.338 e. The average molecular weight is 296 g/mol. The van der Waals surface area contributed by atoms with Crippen LogP contribution in [0, 0.1) is 0 Å². The minimum Gasteiger partial charge on any atom is -0.454 e. The van der Waals surface area contributed by atoms with Gasteiger partial charge in [-0.3, -0.25) is 0 Å². The summed E-state index contributed by atoms with van der Waals surface area (Å²) in [5.41, 5.74) is 1.67. The largest absolute Gasteiger partial charge is 0.454 e. The third-order valence-corrected chi connectivity index (χ3v) is 3.19. The molecule has 0 aliphatic heterocycles. The zero-order valence-corrected chi connectivity index (χ0v) is 12.5. The van der Waals surface area contributed by atoms with Crippen molar-refractivity contribution in [2.45, 2.75) is 19.1 Å². The molecule has 0 aliphatic carbocycles. The summed E-state index contributed by atoms with van der Waals surface area (Å²) in [6.45, 7) is 4.77. The first-order valence-corrected chi connectivity index (χ1v) is 7.30. The number of hydrogen-bond acceptors (Lipinski definition) is 3. The predicted octanol–water partition coefficient (Wildman–Crippen LogP) is 4.00. The van der Waals surface area contributed by atoms with Crippen molar-refractivity contribution in [2.24, 2.45) is 0 Å². The van der Waals surface area contributed by atoms with Gasteiger partial charge in [0.25, 0.3) is 0 Å². The molecule has 2 aromatic carbocycles. The lowest BCUT2D eigenvalue weighted by Gasteiger charge is -2.14. The number of hydrogen-bond donors (Lipinski definition) is 0. The van der Waals surface area contributed by atoms with E-state index in [0.717, 1.165) is 5.56 Å². The highest BCUT2D eigenvalue weighted by atomic mass is 16.5. The average Bonchev–Trinajstić information content (AvgIpc) is 2.59. The fourth-order valence-corrected chi connectivity index (χ4v) is 1.97. The van der Waals surface area contributed by atoms with E-state index in [4.69, 9.17) is 9.47 Å². The van der Waals surface area contributed by atoms with Gasteiger partial charge in [-0.15, -0.1) is 0 Å². The summed E-state index contributed by atoms with van der Waals surface area (Å²) < 4.78 is 11.0. The standard InChI is InChI=1S/C19H20O3/c1-2-18(22-19(20)17-11-7-4-8-12-17)13-14-21-15-16-9-5-3-6-10-16/h2-12,18H,1,13-15H2/t18-/m0/s1. The Bertz CT molecular complexity index is 578. The second kappa shape index (κ2) is 8.80. The first-order chi connectivity index (χ1) is 10.8. The molecule has 22 heavy (non-hydrogen) atoms. The van der Waals surface area contributed by atoms with Gasteiger partial charge in [0.1, 0.15) is 6.10 Å². The van der Waals surface area contributed by atoms with E-state index in [1.807, 2.05) is 48.5 Å². The van der Waals surface area contributed by atoms with E-state index in [9.17, 15) is 4.79 Å². The van der Waals surface area contributed by atoms with Crippen LogP contribution < -0.4 is 0 Å². The van der Waals surface area contributed by atoms with E-state index in [2.05, 4.69) is 6.58 Å². The molecule has 0 saturated heterocycles. The van der Waals surface area contributed by atoms with Crippen LogP contribution in [0.5, 0.6) is 0 Å². The quantitative estimate of drug-likeness (QED) is 0.419. The minimum atomic E-state index is -0.344. The van der Waals surface area contributed by atoms with Gasteiger partial charge in [0.05, 0.1) is 18.8 Å². The fourth-order valence-electron chi connectivity index (χ4n) is 1.97. The summed E-state index contributed by atoms with van der Waals surface area (Å²) in [4.78, 5) is 12.0. The summed E-state index contributed by atoms with van der Waals surface area (Å²) in [7, 11) is 0. The second-order valence-corrected chi connectivity index (χ2v) is 4.87. The van der Waals surface area contributed by atoms with Gasteiger partial charge in [0.2, 0.25) is 0 Å². The van der Waals surface area contributed by atoms with Crippen molar-refractivity contribution in [3.05, 3.63) is 84.4 Å². The molecule has 0 aromatic heterocycles. The molecule has 0 bridgehead atoms. The van der Waals surface area contributed by atoms with Gasteiger partial charge in [-0.2, -0.15) is 0 Å². The van der Waals surface area contributed by atoms with Crippen molar-refractivity contribution >= 4 is 5.97 Å². The molecule has 0 saturated carbocycles. The Balaban J connectivity index is 1.73. The molecule has 2 aromatic rings. The van der Waals surface area contributed by atoms with Gasteiger partial charge >= 0.3 is 5.97 Å². The molecule has 0 N–H and O–H groups in total. The number of benzene rings is 2. The molecule has 0 heterocycles. The zero-order valence-electron chi connectivity index (χ0n) is 12.5. The predicted molar refractivity (Wildman–Crippen MR) is 86.6 cm³/mol. The molecule has 2 rings (SSSR count). The minimum absolute atomic E-state index is 0.339. The number of rotatable bonds is 8. The summed E-state index contributed by atoms with van der Waals surface area (Å²) >= 11 is 0. The molecular weight excluding hydrogens is 276 g/mol. The molecule has 0 unspecified atom stereocenters. The Labute approximate surface area is 131 Å². The van der Waals surface area contributed by atoms with E-state index >= 15 is 0 Å². The van der Waals surface area contributed by atoms with Crippen LogP contribution in [-0.4, -0.2) is 18.7 Å². The van der Waals surface area contributed by atoms with Crippen LogP contribution in [0.25, 0.3) is 0 Å². The van der Waals surface area contributed by atoms with Gasteiger partial charge in [0.15, 0.2) is 0 Å². The van der Waals surface area contributed by atoms with Crippen molar-refractivity contribution in [2.75, 3.05) is 6.61 Å². The van der Waals surface area contributed by atoms with Crippen LogP contribution in [0.1, 0.15) is 22.3 Å². The normalized spacial score (nSPS) is 11.6. The van der Waals surface area contributed by atoms with Crippen molar-refractivity contribution in [1.29, 1.82) is 0 Å².